The zero-order valence-electron chi connectivity index (χ0n) is 16.2. The number of benzene rings is 1. The summed E-state index contributed by atoms with van der Waals surface area (Å²) in [5, 5.41) is 3.13. The molecule has 144 valence electrons. The lowest BCUT2D eigenvalue weighted by molar-refractivity contribution is 0.0927. The molecule has 0 bridgehead atoms. The lowest BCUT2D eigenvalue weighted by atomic mass is 9.88. The van der Waals surface area contributed by atoms with E-state index in [0.717, 1.165) is 12.5 Å². The average molecular weight is 359 g/mol. The molecule has 26 heavy (non-hydrogen) atoms. The van der Waals surface area contributed by atoms with Crippen molar-refractivity contribution < 1.29 is 9.53 Å². The van der Waals surface area contributed by atoms with Crippen LogP contribution in [0.3, 0.4) is 0 Å². The van der Waals surface area contributed by atoms with Crippen LogP contribution in [0.25, 0.3) is 0 Å². The number of likely N-dealkylation sites (tertiary alicyclic amines) is 1. The van der Waals surface area contributed by atoms with E-state index in [4.69, 9.17) is 4.74 Å². The van der Waals surface area contributed by atoms with E-state index in [1.807, 2.05) is 31.2 Å². The Hall–Kier alpha value is -1.55. The number of rotatable bonds is 7. The van der Waals surface area contributed by atoms with Crippen molar-refractivity contribution in [2.75, 3.05) is 32.8 Å². The number of hydrogen-bond acceptors (Lipinski definition) is 3. The van der Waals surface area contributed by atoms with Crippen molar-refractivity contribution >= 4 is 5.91 Å². The van der Waals surface area contributed by atoms with Gasteiger partial charge in [-0.2, -0.15) is 0 Å². The summed E-state index contributed by atoms with van der Waals surface area (Å²) in [4.78, 5) is 15.2. The summed E-state index contributed by atoms with van der Waals surface area (Å²) in [7, 11) is 0. The van der Waals surface area contributed by atoms with Crippen LogP contribution in [0.15, 0.2) is 24.3 Å². The third-order valence-corrected chi connectivity index (χ3v) is 5.93. The highest BCUT2D eigenvalue weighted by atomic mass is 16.5. The third-order valence-electron chi connectivity index (χ3n) is 5.93. The highest BCUT2D eigenvalue weighted by Crippen LogP contribution is 2.26. The van der Waals surface area contributed by atoms with E-state index in [1.165, 1.54) is 64.6 Å². The summed E-state index contributed by atoms with van der Waals surface area (Å²) in [5.74, 6) is 2.18. The molecular weight excluding hydrogens is 324 g/mol. The van der Waals surface area contributed by atoms with Crippen LogP contribution >= 0.6 is 0 Å². The molecule has 1 aliphatic heterocycles. The SMILES string of the molecule is CCOc1ccccc1C(=O)NCC1CCN(CC2CCCCC2)CC1. The molecule has 1 N–H and O–H groups in total. The van der Waals surface area contributed by atoms with Crippen molar-refractivity contribution in [1.29, 1.82) is 0 Å². The van der Waals surface area contributed by atoms with Gasteiger partial charge in [0, 0.05) is 13.1 Å². The largest absolute Gasteiger partial charge is 0.493 e. The number of amides is 1. The summed E-state index contributed by atoms with van der Waals surface area (Å²) in [6.45, 7) is 6.95. The Bertz CT molecular complexity index is 561. The quantitative estimate of drug-likeness (QED) is 0.797. The molecule has 0 atom stereocenters. The number of carbonyl (C=O) groups excluding carboxylic acids is 1. The van der Waals surface area contributed by atoms with Crippen molar-refractivity contribution in [3.63, 3.8) is 0 Å². The topological polar surface area (TPSA) is 41.6 Å². The molecule has 1 heterocycles. The van der Waals surface area contributed by atoms with Crippen LogP contribution in [0.5, 0.6) is 5.75 Å². The maximum atomic E-state index is 12.5. The molecule has 4 nitrogen and oxygen atoms in total. The minimum atomic E-state index is -0.0151. The van der Waals surface area contributed by atoms with Gasteiger partial charge in [0.05, 0.1) is 12.2 Å². The lowest BCUT2D eigenvalue weighted by Gasteiger charge is -2.35. The van der Waals surface area contributed by atoms with Crippen LogP contribution in [0.2, 0.25) is 0 Å². The first kappa shape index (κ1) is 19.2. The van der Waals surface area contributed by atoms with E-state index in [2.05, 4.69) is 10.2 Å². The van der Waals surface area contributed by atoms with Crippen LogP contribution in [-0.2, 0) is 0 Å². The number of piperidine rings is 1. The smallest absolute Gasteiger partial charge is 0.255 e. The Morgan fingerprint density at radius 2 is 1.81 bits per heavy atom. The minimum Gasteiger partial charge on any atom is -0.493 e. The fourth-order valence-electron chi connectivity index (χ4n) is 4.38. The number of nitrogens with one attached hydrogen (secondary N) is 1. The second-order valence-corrected chi connectivity index (χ2v) is 7.89. The molecule has 0 spiro atoms. The van der Waals surface area contributed by atoms with Gasteiger partial charge in [0.15, 0.2) is 0 Å². The first-order valence-electron chi connectivity index (χ1n) is 10.5. The summed E-state index contributed by atoms with van der Waals surface area (Å²) in [6.07, 6.45) is 9.53. The number of ether oxygens (including phenoxy) is 1. The fraction of sp³-hybridized carbons (Fsp3) is 0.682. The van der Waals surface area contributed by atoms with Crippen molar-refractivity contribution in [2.24, 2.45) is 11.8 Å². The second kappa shape index (κ2) is 9.96. The van der Waals surface area contributed by atoms with Gasteiger partial charge in [-0.3, -0.25) is 4.79 Å². The van der Waals surface area contributed by atoms with Gasteiger partial charge in [0.1, 0.15) is 5.75 Å². The third kappa shape index (κ3) is 5.47. The van der Waals surface area contributed by atoms with E-state index < -0.39 is 0 Å². The van der Waals surface area contributed by atoms with Gasteiger partial charge in [0.2, 0.25) is 0 Å². The van der Waals surface area contributed by atoms with Gasteiger partial charge in [0.25, 0.3) is 5.91 Å². The molecule has 0 unspecified atom stereocenters. The average Bonchev–Trinajstić information content (AvgIpc) is 2.69. The molecule has 4 heteroatoms. The number of para-hydroxylation sites is 1. The van der Waals surface area contributed by atoms with Crippen LogP contribution in [-0.4, -0.2) is 43.6 Å². The Balaban J connectivity index is 1.40. The van der Waals surface area contributed by atoms with Crippen LogP contribution in [0.4, 0.5) is 0 Å². The molecule has 0 radical (unpaired) electrons. The molecule has 1 aliphatic carbocycles. The van der Waals surface area contributed by atoms with Gasteiger partial charge in [-0.1, -0.05) is 31.4 Å². The van der Waals surface area contributed by atoms with Gasteiger partial charge < -0.3 is 15.0 Å². The zero-order chi connectivity index (χ0) is 18.2. The Morgan fingerprint density at radius 3 is 2.54 bits per heavy atom. The summed E-state index contributed by atoms with van der Waals surface area (Å²) < 4.78 is 5.57. The number of hydrogen-bond donors (Lipinski definition) is 1. The molecular formula is C22H34N2O2. The highest BCUT2D eigenvalue weighted by Gasteiger charge is 2.23. The number of nitrogens with zero attached hydrogens (tertiary/aromatic N) is 1. The molecule has 0 aromatic heterocycles. The normalized spacial score (nSPS) is 20.0. The van der Waals surface area contributed by atoms with E-state index >= 15 is 0 Å². The highest BCUT2D eigenvalue weighted by molar-refractivity contribution is 5.96. The van der Waals surface area contributed by atoms with Gasteiger partial charge in [-0.05, 0) is 69.7 Å². The van der Waals surface area contributed by atoms with E-state index in [-0.39, 0.29) is 5.91 Å². The fourth-order valence-corrected chi connectivity index (χ4v) is 4.38. The zero-order valence-corrected chi connectivity index (χ0v) is 16.2. The monoisotopic (exact) mass is 358 g/mol. The van der Waals surface area contributed by atoms with E-state index in [9.17, 15) is 4.79 Å². The predicted molar refractivity (Wildman–Crippen MR) is 106 cm³/mol. The molecule has 3 rings (SSSR count). The Kier molecular flexibility index (Phi) is 7.36. The molecule has 1 saturated carbocycles. The molecule has 1 aromatic carbocycles. The summed E-state index contributed by atoms with van der Waals surface area (Å²) >= 11 is 0. The maximum Gasteiger partial charge on any atom is 0.255 e. The maximum absolute atomic E-state index is 12.5. The first-order chi connectivity index (χ1) is 12.8. The molecule has 1 amide bonds. The van der Waals surface area contributed by atoms with Gasteiger partial charge in [-0.25, -0.2) is 0 Å². The van der Waals surface area contributed by atoms with Gasteiger partial charge >= 0.3 is 0 Å². The number of carbonyl (C=O) groups is 1. The van der Waals surface area contributed by atoms with Crippen LogP contribution in [0, 0.1) is 11.8 Å². The van der Waals surface area contributed by atoms with Crippen molar-refractivity contribution in [3.8, 4) is 5.75 Å². The standard InChI is InChI=1S/C22H34N2O2/c1-2-26-21-11-7-6-10-20(21)22(25)23-16-18-12-14-24(15-13-18)17-19-8-4-3-5-9-19/h6-7,10-11,18-19H,2-5,8-9,12-17H2,1H3,(H,23,25). The van der Waals surface area contributed by atoms with Crippen LogP contribution < -0.4 is 10.1 Å². The Labute approximate surface area is 158 Å². The molecule has 1 aromatic rings. The minimum absolute atomic E-state index is 0.0151. The van der Waals surface area contributed by atoms with Crippen LogP contribution in [0.1, 0.15) is 62.2 Å². The van der Waals surface area contributed by atoms with E-state index in [1.54, 1.807) is 0 Å². The summed E-state index contributed by atoms with van der Waals surface area (Å²) in [6, 6.07) is 7.50. The molecule has 2 aliphatic rings. The predicted octanol–water partition coefficient (Wildman–Crippen LogP) is 4.11. The second-order valence-electron chi connectivity index (χ2n) is 7.89. The Morgan fingerprint density at radius 1 is 1.08 bits per heavy atom. The van der Waals surface area contributed by atoms with Gasteiger partial charge in [-0.15, -0.1) is 0 Å². The van der Waals surface area contributed by atoms with Crippen molar-refractivity contribution in [3.05, 3.63) is 29.8 Å². The molecule has 1 saturated heterocycles. The lowest BCUT2D eigenvalue weighted by Crippen LogP contribution is -2.40. The first-order valence-corrected chi connectivity index (χ1v) is 10.5. The van der Waals surface area contributed by atoms with Crippen molar-refractivity contribution in [2.45, 2.75) is 51.9 Å². The molecule has 2 fully saturated rings. The van der Waals surface area contributed by atoms with Crippen molar-refractivity contribution in [1.82, 2.24) is 10.2 Å². The summed E-state index contributed by atoms with van der Waals surface area (Å²) in [5.41, 5.74) is 0.643. The van der Waals surface area contributed by atoms with E-state index in [0.29, 0.717) is 23.8 Å².